The Morgan fingerprint density at radius 1 is 0.750 bits per heavy atom. The van der Waals surface area contributed by atoms with Gasteiger partial charge in [0.15, 0.2) is 0 Å². The van der Waals surface area contributed by atoms with Crippen molar-refractivity contribution in [2.75, 3.05) is 0 Å². The summed E-state index contributed by atoms with van der Waals surface area (Å²) in [6.45, 7) is 10.4. The summed E-state index contributed by atoms with van der Waals surface area (Å²) < 4.78 is 14.7. The van der Waals surface area contributed by atoms with E-state index in [1.807, 2.05) is 18.2 Å². The normalized spacial score (nSPS) is 12.8. The summed E-state index contributed by atoms with van der Waals surface area (Å²) in [6, 6.07) is 22.9. The van der Waals surface area contributed by atoms with Crippen molar-refractivity contribution in [1.29, 1.82) is 0 Å². The van der Waals surface area contributed by atoms with Crippen molar-refractivity contribution in [3.05, 3.63) is 94.5 Å². The molecule has 146 valence electrons. The first-order valence-corrected chi connectivity index (χ1v) is 11.6. The average Bonchev–Trinajstić information content (AvgIpc) is 2.65. The lowest BCUT2D eigenvalue weighted by molar-refractivity contribution is 0.555. The first-order chi connectivity index (χ1) is 13.3. The minimum Gasteiger partial charge on any atom is -0.297 e. The highest BCUT2D eigenvalue weighted by molar-refractivity contribution is 7.76. The Balaban J connectivity index is 2.17. The third-order valence-corrected chi connectivity index (χ3v) is 7.73. The molecule has 3 aromatic rings. The number of hydrogen-bond acceptors (Lipinski definition) is 1. The predicted molar refractivity (Wildman–Crippen MR) is 121 cm³/mol. The number of hydrogen-bond donors (Lipinski definition) is 1. The minimum absolute atomic E-state index is 0.0219. The molecule has 3 aromatic carbocycles. The zero-order valence-corrected chi connectivity index (χ0v) is 18.4. The molecule has 3 rings (SSSR count). The number of aryl methyl sites for hydroxylation is 4. The van der Waals surface area contributed by atoms with Gasteiger partial charge in [-0.05, 0) is 63.9 Å². The van der Waals surface area contributed by atoms with Gasteiger partial charge in [0, 0.05) is 16.7 Å². The zero-order valence-electron chi connectivity index (χ0n) is 17.5. The van der Waals surface area contributed by atoms with E-state index < -0.39 is 7.29 Å². The van der Waals surface area contributed by atoms with E-state index in [9.17, 15) is 4.57 Å². The van der Waals surface area contributed by atoms with Crippen molar-refractivity contribution >= 4 is 17.9 Å². The van der Waals surface area contributed by atoms with Crippen LogP contribution in [0.25, 0.3) is 0 Å². The van der Waals surface area contributed by atoms with Crippen molar-refractivity contribution in [3.8, 4) is 0 Å². The van der Waals surface area contributed by atoms with Crippen LogP contribution in [0.5, 0.6) is 0 Å². The van der Waals surface area contributed by atoms with E-state index in [-0.39, 0.29) is 6.04 Å². The highest BCUT2D eigenvalue weighted by atomic mass is 31.2. The van der Waals surface area contributed by atoms with Crippen LogP contribution in [0.3, 0.4) is 0 Å². The Morgan fingerprint density at radius 3 is 1.57 bits per heavy atom. The molecule has 0 bridgehead atoms. The van der Waals surface area contributed by atoms with Crippen LogP contribution >= 0.6 is 7.29 Å². The third kappa shape index (κ3) is 4.46. The smallest absolute Gasteiger partial charge is 0.205 e. The van der Waals surface area contributed by atoms with Gasteiger partial charge in [-0.3, -0.25) is 9.65 Å². The van der Waals surface area contributed by atoms with E-state index in [1.54, 1.807) is 0 Å². The molecule has 2 nitrogen and oxygen atoms in total. The van der Waals surface area contributed by atoms with Crippen molar-refractivity contribution in [2.45, 2.75) is 47.1 Å². The lowest BCUT2D eigenvalue weighted by Crippen LogP contribution is -2.31. The summed E-state index contributed by atoms with van der Waals surface area (Å²) in [7, 11) is -3.02. The Kier molecular flexibility index (Phi) is 6.23. The van der Waals surface area contributed by atoms with E-state index in [1.165, 1.54) is 5.56 Å². The second-order valence-corrected chi connectivity index (χ2v) is 10.3. The molecular formula is C25H30NOP. The van der Waals surface area contributed by atoms with Gasteiger partial charge in [0.2, 0.25) is 7.29 Å². The van der Waals surface area contributed by atoms with Crippen LogP contribution < -0.4 is 15.7 Å². The van der Waals surface area contributed by atoms with E-state index in [4.69, 9.17) is 0 Å². The first-order valence-electron chi connectivity index (χ1n) is 9.92. The zero-order chi connectivity index (χ0) is 20.3. The summed E-state index contributed by atoms with van der Waals surface area (Å²) in [5, 5.41) is 5.35. The van der Waals surface area contributed by atoms with Gasteiger partial charge >= 0.3 is 0 Å². The molecule has 0 amide bonds. The fourth-order valence-electron chi connectivity index (χ4n) is 3.87. The molecule has 0 aliphatic heterocycles. The van der Waals surface area contributed by atoms with Crippen LogP contribution in [0.4, 0.5) is 0 Å². The van der Waals surface area contributed by atoms with Crippen LogP contribution in [0.2, 0.25) is 0 Å². The van der Waals surface area contributed by atoms with Crippen molar-refractivity contribution in [2.24, 2.45) is 0 Å². The molecule has 0 saturated heterocycles. The largest absolute Gasteiger partial charge is 0.297 e. The third-order valence-electron chi connectivity index (χ3n) is 5.09. The quantitative estimate of drug-likeness (QED) is 0.531. The molecule has 0 aliphatic rings. The van der Waals surface area contributed by atoms with Gasteiger partial charge in [0.05, 0.1) is 0 Å². The Bertz CT molecular complexity index is 914. The maximum Gasteiger partial charge on any atom is 0.205 e. The van der Waals surface area contributed by atoms with E-state index in [0.717, 1.165) is 39.3 Å². The first kappa shape index (κ1) is 20.6. The maximum atomic E-state index is 14.7. The minimum atomic E-state index is -3.02. The Hall–Kier alpha value is -2.15. The Labute approximate surface area is 169 Å². The fraction of sp³-hybridized carbons (Fsp3) is 0.280. The molecule has 0 spiro atoms. The van der Waals surface area contributed by atoms with E-state index >= 15 is 0 Å². The lowest BCUT2D eigenvalue weighted by atomic mass is 10.1. The monoisotopic (exact) mass is 391 g/mol. The second kappa shape index (κ2) is 8.47. The van der Waals surface area contributed by atoms with Crippen LogP contribution in [0, 0.1) is 27.7 Å². The molecular weight excluding hydrogens is 361 g/mol. The summed E-state index contributed by atoms with van der Waals surface area (Å²) in [5.74, 6) is 0. The van der Waals surface area contributed by atoms with Crippen LogP contribution in [0.1, 0.15) is 47.2 Å². The molecule has 0 unspecified atom stereocenters. The highest BCUT2D eigenvalue weighted by Gasteiger charge is 2.31. The van der Waals surface area contributed by atoms with Crippen molar-refractivity contribution < 1.29 is 4.57 Å². The molecule has 0 radical (unpaired) electrons. The van der Waals surface area contributed by atoms with Crippen LogP contribution in [-0.4, -0.2) is 0 Å². The van der Waals surface area contributed by atoms with Gasteiger partial charge in [-0.25, -0.2) is 0 Å². The predicted octanol–water partition coefficient (Wildman–Crippen LogP) is 5.89. The highest BCUT2D eigenvalue weighted by Crippen LogP contribution is 2.43. The molecule has 0 fully saturated rings. The van der Waals surface area contributed by atoms with Crippen molar-refractivity contribution in [1.82, 2.24) is 5.09 Å². The molecule has 0 saturated carbocycles. The molecule has 0 aromatic heterocycles. The van der Waals surface area contributed by atoms with E-state index in [2.05, 4.69) is 88.2 Å². The molecule has 1 N–H and O–H groups in total. The van der Waals surface area contributed by atoms with Gasteiger partial charge in [0.25, 0.3) is 0 Å². The summed E-state index contributed by atoms with van der Waals surface area (Å²) in [4.78, 5) is 0. The number of nitrogens with one attached hydrogen (secondary N) is 1. The summed E-state index contributed by atoms with van der Waals surface area (Å²) >= 11 is 0. The molecule has 28 heavy (non-hydrogen) atoms. The van der Waals surface area contributed by atoms with Crippen LogP contribution in [0.15, 0.2) is 66.7 Å². The topological polar surface area (TPSA) is 29.1 Å². The van der Waals surface area contributed by atoms with Crippen LogP contribution in [-0.2, 0) is 4.57 Å². The second-order valence-electron chi connectivity index (χ2n) is 7.80. The van der Waals surface area contributed by atoms with Gasteiger partial charge in [0.1, 0.15) is 0 Å². The summed E-state index contributed by atoms with van der Waals surface area (Å²) in [5.41, 5.74) is 5.70. The number of rotatable bonds is 6. The van der Waals surface area contributed by atoms with E-state index in [0.29, 0.717) is 0 Å². The lowest BCUT2D eigenvalue weighted by Gasteiger charge is -2.28. The van der Waals surface area contributed by atoms with Gasteiger partial charge in [-0.2, -0.15) is 0 Å². The molecule has 0 heterocycles. The van der Waals surface area contributed by atoms with Gasteiger partial charge in [-0.15, -0.1) is 0 Å². The molecule has 1 atom stereocenters. The van der Waals surface area contributed by atoms with Gasteiger partial charge in [-0.1, -0.05) is 71.6 Å². The van der Waals surface area contributed by atoms with Gasteiger partial charge < -0.3 is 0 Å². The molecule has 0 aliphatic carbocycles. The number of benzene rings is 3. The Morgan fingerprint density at radius 2 is 1.18 bits per heavy atom. The standard InChI is InChI=1S/C25H30NOP/c1-6-25(22-10-8-7-9-11-22)26-28(27,23-14-18(2)12-19(3)15-23)24-16-20(4)13-21(5)17-24/h7-17,25H,6H2,1-5H3,(H,26,27)/t25-/m1/s1. The van der Waals surface area contributed by atoms with Crippen molar-refractivity contribution in [3.63, 3.8) is 0 Å². The molecule has 3 heteroatoms. The summed E-state index contributed by atoms with van der Waals surface area (Å²) in [6.07, 6.45) is 0.865. The SMILES string of the molecule is CC[C@@H](NP(=O)(c1cc(C)cc(C)c1)c1cc(C)cc(C)c1)c1ccccc1. The average molecular weight is 391 g/mol. The fourth-order valence-corrected chi connectivity index (χ4v) is 6.78. The maximum absolute atomic E-state index is 14.7.